The SMILES string of the molecule is C[C@]1(O)[C@@H]2O[C@]3([O-])O[C@H]1C(O)[C@@]1(NC(N)=[NH+][C@@H](O)[C@@H]21)[C@@H]3O. The number of guanidine groups is 1. The highest BCUT2D eigenvalue weighted by molar-refractivity contribution is 5.74. The third-order valence-corrected chi connectivity index (χ3v) is 5.17. The third kappa shape index (κ3) is 1.26. The summed E-state index contributed by atoms with van der Waals surface area (Å²) in [6, 6.07) is 0. The van der Waals surface area contributed by atoms with E-state index < -0.39 is 53.7 Å². The van der Waals surface area contributed by atoms with Crippen LogP contribution in [0.15, 0.2) is 0 Å². The second-order valence-corrected chi connectivity index (χ2v) is 6.34. The van der Waals surface area contributed by atoms with Crippen LogP contribution in [-0.2, 0) is 9.47 Å². The van der Waals surface area contributed by atoms with Gasteiger partial charge in [-0.2, -0.15) is 0 Å². The Kier molecular flexibility index (Phi) is 2.26. The lowest BCUT2D eigenvalue weighted by molar-refractivity contribution is -0.718. The van der Waals surface area contributed by atoms with E-state index in [1.165, 1.54) is 6.92 Å². The van der Waals surface area contributed by atoms with Crippen molar-refractivity contribution in [3.05, 3.63) is 0 Å². The second-order valence-electron chi connectivity index (χ2n) is 6.34. The first-order chi connectivity index (χ1) is 9.64. The highest BCUT2D eigenvalue weighted by Crippen LogP contribution is 2.56. The van der Waals surface area contributed by atoms with Gasteiger partial charge in [0.25, 0.3) is 0 Å². The van der Waals surface area contributed by atoms with Crippen molar-refractivity contribution in [3.63, 3.8) is 0 Å². The molecule has 4 bridgehead atoms. The summed E-state index contributed by atoms with van der Waals surface area (Å²) >= 11 is 0. The molecule has 0 aromatic carbocycles. The Bertz CT molecular complexity index is 542. The number of ether oxygens (including phenoxy) is 2. The average molecular weight is 303 g/mol. The molecule has 1 aliphatic carbocycles. The first-order valence-corrected chi connectivity index (χ1v) is 6.64. The summed E-state index contributed by atoms with van der Waals surface area (Å²) in [5, 5.41) is 56.9. The quantitative estimate of drug-likeness (QED) is 0.229. The van der Waals surface area contributed by atoms with E-state index in [0.29, 0.717) is 0 Å². The topological polar surface area (TPSA) is 174 Å². The van der Waals surface area contributed by atoms with Crippen molar-refractivity contribution in [2.45, 2.75) is 54.7 Å². The van der Waals surface area contributed by atoms with Gasteiger partial charge in [-0.15, -0.1) is 0 Å². The maximum atomic E-state index is 12.5. The molecule has 8 N–H and O–H groups in total. The van der Waals surface area contributed by atoms with E-state index in [4.69, 9.17) is 15.2 Å². The Morgan fingerprint density at radius 1 is 1.29 bits per heavy atom. The predicted octanol–water partition coefficient (Wildman–Crippen LogP) is -7.04. The van der Waals surface area contributed by atoms with Gasteiger partial charge in [-0.05, 0) is 6.92 Å². The summed E-state index contributed by atoms with van der Waals surface area (Å²) < 4.78 is 10.2. The molecule has 1 unspecified atom stereocenters. The maximum Gasteiger partial charge on any atom is 0.343 e. The van der Waals surface area contributed by atoms with E-state index in [2.05, 4.69) is 10.3 Å². The lowest BCUT2D eigenvalue weighted by atomic mass is 9.55. The van der Waals surface area contributed by atoms with Crippen LogP contribution < -0.4 is 21.1 Å². The van der Waals surface area contributed by atoms with Crippen molar-refractivity contribution in [2.75, 3.05) is 0 Å². The number of nitrogens with one attached hydrogen (secondary N) is 2. The zero-order valence-corrected chi connectivity index (χ0v) is 11.1. The largest absolute Gasteiger partial charge is 0.805 e. The molecule has 1 saturated carbocycles. The van der Waals surface area contributed by atoms with E-state index >= 15 is 0 Å². The molecule has 0 amide bonds. The highest BCUT2D eigenvalue weighted by Gasteiger charge is 2.81. The first-order valence-electron chi connectivity index (χ1n) is 6.64. The number of aliphatic hydroxyl groups is 4. The van der Waals surface area contributed by atoms with Crippen molar-refractivity contribution in [1.29, 1.82) is 0 Å². The molecule has 4 heterocycles. The van der Waals surface area contributed by atoms with Gasteiger partial charge in [0.15, 0.2) is 11.8 Å². The van der Waals surface area contributed by atoms with E-state index in [1.807, 2.05) is 0 Å². The van der Waals surface area contributed by atoms with Crippen LogP contribution in [0.3, 0.4) is 0 Å². The number of hydrogen-bond donors (Lipinski definition) is 7. The Morgan fingerprint density at radius 2 is 1.90 bits per heavy atom. The third-order valence-electron chi connectivity index (χ3n) is 5.17. The summed E-state index contributed by atoms with van der Waals surface area (Å²) in [6.07, 6.45) is -7.05. The van der Waals surface area contributed by atoms with Crippen LogP contribution in [0.5, 0.6) is 0 Å². The van der Waals surface area contributed by atoms with Gasteiger partial charge in [0.05, 0.1) is 5.92 Å². The molecule has 0 aromatic rings. The Hall–Kier alpha value is -1.01. The fraction of sp³-hybridized carbons (Fsp3) is 0.909. The summed E-state index contributed by atoms with van der Waals surface area (Å²) in [6.45, 7) is 1.35. The van der Waals surface area contributed by atoms with Crippen molar-refractivity contribution >= 4 is 5.96 Å². The normalized spacial score (nSPS) is 64.8. The van der Waals surface area contributed by atoms with Gasteiger partial charge >= 0.3 is 5.96 Å². The summed E-state index contributed by atoms with van der Waals surface area (Å²) in [5.74, 6) is -3.74. The summed E-state index contributed by atoms with van der Waals surface area (Å²) in [7, 11) is 0. The zero-order valence-electron chi connectivity index (χ0n) is 11.1. The van der Waals surface area contributed by atoms with Gasteiger partial charge in [-0.3, -0.25) is 16.0 Å². The van der Waals surface area contributed by atoms with E-state index in [9.17, 15) is 25.5 Å². The molecule has 10 heteroatoms. The molecule has 21 heavy (non-hydrogen) atoms. The number of rotatable bonds is 0. The van der Waals surface area contributed by atoms with Gasteiger partial charge in [0.2, 0.25) is 0 Å². The fourth-order valence-corrected chi connectivity index (χ4v) is 4.24. The molecule has 10 nitrogen and oxygen atoms in total. The van der Waals surface area contributed by atoms with Crippen LogP contribution in [-0.4, -0.2) is 74.1 Å². The van der Waals surface area contributed by atoms with Crippen LogP contribution >= 0.6 is 0 Å². The minimum absolute atomic E-state index is 0.0953. The molecule has 0 aromatic heterocycles. The van der Waals surface area contributed by atoms with E-state index in [0.717, 1.165) is 0 Å². The van der Waals surface area contributed by atoms with Crippen LogP contribution in [0.4, 0.5) is 0 Å². The molecule has 5 aliphatic rings. The minimum Gasteiger partial charge on any atom is -0.805 e. The minimum atomic E-state index is -2.64. The molecule has 9 atom stereocenters. The zero-order chi connectivity index (χ0) is 15.4. The number of aliphatic hydroxyl groups excluding tert-OH is 3. The van der Waals surface area contributed by atoms with Crippen molar-refractivity contribution in [1.82, 2.24) is 5.32 Å². The highest BCUT2D eigenvalue weighted by atomic mass is 16.9. The van der Waals surface area contributed by atoms with Crippen molar-refractivity contribution < 1.29 is 40.0 Å². The van der Waals surface area contributed by atoms with Gasteiger partial charge < -0.3 is 35.0 Å². The lowest BCUT2D eigenvalue weighted by Crippen LogP contribution is -3.04. The van der Waals surface area contributed by atoms with Crippen LogP contribution in [0.25, 0.3) is 0 Å². The van der Waals surface area contributed by atoms with Crippen LogP contribution in [0.1, 0.15) is 6.92 Å². The summed E-state index contributed by atoms with van der Waals surface area (Å²) in [4.78, 5) is 2.51. The van der Waals surface area contributed by atoms with Gasteiger partial charge in [0, 0.05) is 0 Å². The Labute approximate surface area is 118 Å². The molecule has 1 spiro atoms. The molecule has 5 rings (SSSR count). The fourth-order valence-electron chi connectivity index (χ4n) is 4.24. The van der Waals surface area contributed by atoms with E-state index in [-0.39, 0.29) is 5.96 Å². The van der Waals surface area contributed by atoms with E-state index in [1.54, 1.807) is 0 Å². The molecule has 4 fully saturated rings. The second kappa shape index (κ2) is 3.49. The number of nitrogens with two attached hydrogens (primary N) is 1. The maximum absolute atomic E-state index is 12.5. The Balaban J connectivity index is 1.95. The smallest absolute Gasteiger partial charge is 0.343 e. The molecule has 4 aliphatic heterocycles. The van der Waals surface area contributed by atoms with Crippen molar-refractivity contribution in [3.8, 4) is 0 Å². The molecular formula is C11H17N3O7. The molecule has 0 radical (unpaired) electrons. The van der Waals surface area contributed by atoms with Crippen LogP contribution in [0, 0.1) is 5.92 Å². The standard InChI is InChI=1S/C11H16N3O7/c1-9(18)4-2-6(16)13-8(12)14-10(2)3(15)5(9)21-11(19,20-4)7(10)17/h2-7,15-18H,1H3,(H3,12,13,14)/q-1/p+1/t2-,3?,4-,5+,6+,7+,9+,10-,11+/m1/s1. The van der Waals surface area contributed by atoms with Gasteiger partial charge in [-0.1, -0.05) is 0 Å². The summed E-state index contributed by atoms with van der Waals surface area (Å²) in [5.41, 5.74) is 2.25. The first kappa shape index (κ1) is 13.6. The molecule has 118 valence electrons. The Morgan fingerprint density at radius 3 is 2.57 bits per heavy atom. The molecule has 3 saturated heterocycles. The predicted molar refractivity (Wildman–Crippen MR) is 60.6 cm³/mol. The van der Waals surface area contributed by atoms with Gasteiger partial charge in [0.1, 0.15) is 36.0 Å². The lowest BCUT2D eigenvalue weighted by Gasteiger charge is -2.73. The van der Waals surface area contributed by atoms with Crippen LogP contribution in [0.2, 0.25) is 0 Å². The average Bonchev–Trinajstić information content (AvgIpc) is 2.36. The monoisotopic (exact) mass is 303 g/mol. The number of hydrogen-bond acceptors (Lipinski definition) is 9. The van der Waals surface area contributed by atoms with Crippen molar-refractivity contribution in [2.24, 2.45) is 11.7 Å². The molecular weight excluding hydrogens is 286 g/mol. The van der Waals surface area contributed by atoms with Gasteiger partial charge in [-0.25, -0.2) is 0 Å².